The molecule has 0 bridgehead atoms. The molecule has 1 saturated carbocycles. The normalized spacial score (nSPS) is 21.6. The summed E-state index contributed by atoms with van der Waals surface area (Å²) in [6.07, 6.45) is 12.0. The molecule has 2 aliphatic rings. The van der Waals surface area contributed by atoms with Gasteiger partial charge in [-0.25, -0.2) is 0 Å². The van der Waals surface area contributed by atoms with Gasteiger partial charge < -0.3 is 10.6 Å². The fourth-order valence-corrected chi connectivity index (χ4v) is 4.13. The molecule has 3 nitrogen and oxygen atoms in total. The summed E-state index contributed by atoms with van der Waals surface area (Å²) >= 11 is 3.48. The second kappa shape index (κ2) is 9.00. The zero-order valence-electron chi connectivity index (χ0n) is 15.3. The smallest absolute Gasteiger partial charge is 0.252 e. The van der Waals surface area contributed by atoms with E-state index >= 15 is 0 Å². The molecule has 0 unspecified atom stereocenters. The SMILES string of the molecule is CCNCC1=C(/C(=C/C/C=C(\C)Br)CC)C(=O)NC12CCCCC2. The first-order valence-electron chi connectivity index (χ1n) is 9.32. The van der Waals surface area contributed by atoms with Gasteiger partial charge in [-0.05, 0) is 54.8 Å². The van der Waals surface area contributed by atoms with Crippen molar-refractivity contribution in [3.8, 4) is 0 Å². The van der Waals surface area contributed by atoms with E-state index < -0.39 is 0 Å². The van der Waals surface area contributed by atoms with Crippen molar-refractivity contribution in [1.82, 2.24) is 10.6 Å². The highest BCUT2D eigenvalue weighted by molar-refractivity contribution is 9.11. The molecule has 1 heterocycles. The van der Waals surface area contributed by atoms with Crippen molar-refractivity contribution in [3.05, 3.63) is 33.4 Å². The molecule has 1 aliphatic heterocycles. The summed E-state index contributed by atoms with van der Waals surface area (Å²) in [4.78, 5) is 12.9. The third-order valence-corrected chi connectivity index (χ3v) is 5.51. The molecule has 0 aromatic carbocycles. The maximum absolute atomic E-state index is 12.9. The van der Waals surface area contributed by atoms with Gasteiger partial charge in [0, 0.05) is 12.1 Å². The fraction of sp³-hybridized carbons (Fsp3) is 0.650. The average molecular weight is 395 g/mol. The summed E-state index contributed by atoms with van der Waals surface area (Å²) in [7, 11) is 0. The molecule has 0 atom stereocenters. The summed E-state index contributed by atoms with van der Waals surface area (Å²) in [5.74, 6) is 0.137. The van der Waals surface area contributed by atoms with Crippen molar-refractivity contribution in [2.75, 3.05) is 13.1 Å². The lowest BCUT2D eigenvalue weighted by Gasteiger charge is -2.36. The number of hydrogen-bond acceptors (Lipinski definition) is 2. The number of rotatable bonds is 7. The van der Waals surface area contributed by atoms with Crippen LogP contribution in [0.3, 0.4) is 0 Å². The van der Waals surface area contributed by atoms with Gasteiger partial charge >= 0.3 is 0 Å². The predicted molar refractivity (Wildman–Crippen MR) is 105 cm³/mol. The Balaban J connectivity index is 2.40. The Morgan fingerprint density at radius 1 is 1.25 bits per heavy atom. The summed E-state index contributed by atoms with van der Waals surface area (Å²) in [5.41, 5.74) is 3.36. The second-order valence-electron chi connectivity index (χ2n) is 6.84. The van der Waals surface area contributed by atoms with Crippen molar-refractivity contribution in [2.24, 2.45) is 0 Å². The van der Waals surface area contributed by atoms with Crippen LogP contribution in [0.2, 0.25) is 0 Å². The monoisotopic (exact) mass is 394 g/mol. The maximum Gasteiger partial charge on any atom is 0.252 e. The van der Waals surface area contributed by atoms with E-state index in [-0.39, 0.29) is 11.4 Å². The predicted octanol–water partition coefficient (Wildman–Crippen LogP) is 4.75. The lowest BCUT2D eigenvalue weighted by atomic mass is 9.76. The van der Waals surface area contributed by atoms with Gasteiger partial charge in [0.2, 0.25) is 0 Å². The van der Waals surface area contributed by atoms with E-state index in [2.05, 4.69) is 52.6 Å². The van der Waals surface area contributed by atoms with E-state index in [1.165, 1.54) is 30.4 Å². The molecule has 1 aliphatic carbocycles. The Labute approximate surface area is 155 Å². The minimum Gasteiger partial charge on any atom is -0.343 e. The van der Waals surface area contributed by atoms with E-state index in [1.54, 1.807) is 0 Å². The Bertz CT molecular complexity index is 550. The van der Waals surface area contributed by atoms with Crippen LogP contribution in [-0.4, -0.2) is 24.5 Å². The van der Waals surface area contributed by atoms with Crippen molar-refractivity contribution in [2.45, 2.75) is 71.3 Å². The molecule has 4 heteroatoms. The first-order chi connectivity index (χ1) is 11.5. The molecule has 24 heavy (non-hydrogen) atoms. The molecular weight excluding hydrogens is 364 g/mol. The summed E-state index contributed by atoms with van der Waals surface area (Å²) < 4.78 is 1.13. The zero-order chi connectivity index (χ0) is 17.6. The van der Waals surface area contributed by atoms with Gasteiger partial charge in [0.25, 0.3) is 5.91 Å². The summed E-state index contributed by atoms with van der Waals surface area (Å²) in [6, 6.07) is 0. The van der Waals surface area contributed by atoms with Crippen LogP contribution in [0.5, 0.6) is 0 Å². The Morgan fingerprint density at radius 2 is 1.96 bits per heavy atom. The summed E-state index contributed by atoms with van der Waals surface area (Å²) in [6.45, 7) is 8.05. The molecule has 0 saturated heterocycles. The van der Waals surface area contributed by atoms with Gasteiger partial charge in [-0.2, -0.15) is 0 Å². The minimum absolute atomic E-state index is 0.0950. The lowest BCUT2D eigenvalue weighted by Crippen LogP contribution is -2.47. The molecule has 1 amide bonds. The minimum atomic E-state index is -0.0950. The number of carbonyl (C=O) groups excluding carboxylic acids is 1. The van der Waals surface area contributed by atoms with Crippen molar-refractivity contribution < 1.29 is 4.79 Å². The molecule has 0 radical (unpaired) electrons. The van der Waals surface area contributed by atoms with Crippen LogP contribution in [0.15, 0.2) is 33.4 Å². The lowest BCUT2D eigenvalue weighted by molar-refractivity contribution is -0.117. The van der Waals surface area contributed by atoms with Crippen molar-refractivity contribution in [1.29, 1.82) is 0 Å². The van der Waals surface area contributed by atoms with E-state index in [0.717, 1.165) is 48.8 Å². The Morgan fingerprint density at radius 3 is 2.54 bits per heavy atom. The topological polar surface area (TPSA) is 41.1 Å². The second-order valence-corrected chi connectivity index (χ2v) is 8.09. The number of hydrogen-bond donors (Lipinski definition) is 2. The molecule has 1 spiro atoms. The molecule has 2 rings (SSSR count). The van der Waals surface area contributed by atoms with Crippen LogP contribution in [0, 0.1) is 0 Å². The zero-order valence-corrected chi connectivity index (χ0v) is 16.9. The van der Waals surface area contributed by atoms with E-state index in [4.69, 9.17) is 0 Å². The molecule has 134 valence electrons. The largest absolute Gasteiger partial charge is 0.343 e. The van der Waals surface area contributed by atoms with Gasteiger partial charge in [0.1, 0.15) is 0 Å². The van der Waals surface area contributed by atoms with Gasteiger partial charge in [0.15, 0.2) is 0 Å². The van der Waals surface area contributed by atoms with Crippen molar-refractivity contribution in [3.63, 3.8) is 0 Å². The van der Waals surface area contributed by atoms with Gasteiger partial charge in [-0.3, -0.25) is 4.79 Å². The number of carbonyl (C=O) groups is 1. The number of halogens is 1. The number of likely N-dealkylation sites (N-methyl/N-ethyl adjacent to an activating group) is 1. The maximum atomic E-state index is 12.9. The van der Waals surface area contributed by atoms with Crippen molar-refractivity contribution >= 4 is 21.8 Å². The Hall–Kier alpha value is -0.870. The average Bonchev–Trinajstić information content (AvgIpc) is 2.81. The highest BCUT2D eigenvalue weighted by atomic mass is 79.9. The Kier molecular flexibility index (Phi) is 7.30. The number of allylic oxidation sites excluding steroid dienone is 3. The third-order valence-electron chi connectivity index (χ3n) is 5.18. The molecule has 1 fully saturated rings. The van der Waals surface area contributed by atoms with Gasteiger partial charge in [0.05, 0.1) is 5.54 Å². The molecular formula is C20H31BrN2O. The molecule has 0 aromatic heterocycles. The fourth-order valence-electron chi connectivity index (χ4n) is 3.95. The van der Waals surface area contributed by atoms with Gasteiger partial charge in [-0.15, -0.1) is 0 Å². The number of nitrogens with one attached hydrogen (secondary N) is 2. The van der Waals surface area contributed by atoms with Crippen LogP contribution in [-0.2, 0) is 4.79 Å². The van der Waals surface area contributed by atoms with E-state index in [1.807, 2.05) is 6.92 Å². The summed E-state index contributed by atoms with van der Waals surface area (Å²) in [5, 5.41) is 6.84. The van der Waals surface area contributed by atoms with E-state index in [9.17, 15) is 4.79 Å². The highest BCUT2D eigenvalue weighted by Gasteiger charge is 2.45. The standard InChI is InChI=1S/C20H31BrN2O/c1-4-16(11-9-10-15(3)21)18-17(14-22-5-2)20(23-19(18)24)12-7-6-8-13-20/h10-11,22H,4-9,12-14H2,1-3H3,(H,23,24)/b15-10+,16-11+. The first-order valence-corrected chi connectivity index (χ1v) is 10.1. The van der Waals surface area contributed by atoms with Gasteiger partial charge in [-0.1, -0.05) is 61.2 Å². The van der Waals surface area contributed by atoms with E-state index in [0.29, 0.717) is 0 Å². The first kappa shape index (κ1) is 19.5. The van der Waals surface area contributed by atoms with Crippen LogP contribution in [0.25, 0.3) is 0 Å². The van der Waals surface area contributed by atoms with Crippen LogP contribution in [0.4, 0.5) is 0 Å². The number of amides is 1. The van der Waals surface area contributed by atoms with Crippen LogP contribution >= 0.6 is 15.9 Å². The van der Waals surface area contributed by atoms with Crippen LogP contribution in [0.1, 0.15) is 65.7 Å². The third kappa shape index (κ3) is 4.40. The quantitative estimate of drug-likeness (QED) is 0.653. The molecule has 2 N–H and O–H groups in total. The highest BCUT2D eigenvalue weighted by Crippen LogP contribution is 2.41. The molecule has 0 aromatic rings. The van der Waals surface area contributed by atoms with Crippen LogP contribution < -0.4 is 10.6 Å².